The summed E-state index contributed by atoms with van der Waals surface area (Å²) in [6.07, 6.45) is 0. The van der Waals surface area contributed by atoms with Gasteiger partial charge in [-0.05, 0) is 37.6 Å². The predicted octanol–water partition coefficient (Wildman–Crippen LogP) is 2.67. The van der Waals surface area contributed by atoms with Crippen LogP contribution in [0.15, 0.2) is 18.2 Å². The zero-order valence-corrected chi connectivity index (χ0v) is 7.82. The summed E-state index contributed by atoms with van der Waals surface area (Å²) in [6.45, 7) is 3.57. The van der Waals surface area contributed by atoms with Gasteiger partial charge in [-0.25, -0.2) is 4.39 Å². The van der Waals surface area contributed by atoms with E-state index in [2.05, 4.69) is 0 Å². The molecule has 66 valence electrons. The molecule has 1 aromatic carbocycles. The third-order valence-electron chi connectivity index (χ3n) is 1.62. The molecule has 0 fully saturated rings. The van der Waals surface area contributed by atoms with E-state index >= 15 is 0 Å². The average molecular weight is 188 g/mol. The lowest BCUT2D eigenvalue weighted by atomic mass is 9.96. The van der Waals surface area contributed by atoms with Crippen molar-refractivity contribution in [3.8, 4) is 0 Å². The minimum Gasteiger partial charge on any atom is -0.322 e. The van der Waals surface area contributed by atoms with Gasteiger partial charge < -0.3 is 5.73 Å². The first-order valence-corrected chi connectivity index (χ1v) is 4.03. The lowest BCUT2D eigenvalue weighted by molar-refractivity contribution is 0.544. The van der Waals surface area contributed by atoms with Crippen LogP contribution in [0.2, 0.25) is 5.02 Å². The SMILES string of the molecule is CC(C)(N)c1cc(F)ccc1Cl. The van der Waals surface area contributed by atoms with Crippen molar-refractivity contribution in [2.24, 2.45) is 5.73 Å². The lowest BCUT2D eigenvalue weighted by Gasteiger charge is -2.20. The molecule has 2 N–H and O–H groups in total. The Morgan fingerprint density at radius 3 is 2.42 bits per heavy atom. The van der Waals surface area contributed by atoms with Crippen molar-refractivity contribution in [1.29, 1.82) is 0 Å². The molecule has 0 atom stereocenters. The monoisotopic (exact) mass is 187 g/mol. The van der Waals surface area contributed by atoms with Gasteiger partial charge in [0.25, 0.3) is 0 Å². The Labute approximate surface area is 76.3 Å². The molecule has 0 saturated heterocycles. The normalized spacial score (nSPS) is 11.8. The van der Waals surface area contributed by atoms with E-state index in [9.17, 15) is 4.39 Å². The lowest BCUT2D eigenvalue weighted by Crippen LogP contribution is -2.29. The first kappa shape index (κ1) is 9.49. The van der Waals surface area contributed by atoms with Crippen LogP contribution >= 0.6 is 11.6 Å². The second-order valence-electron chi connectivity index (χ2n) is 3.35. The van der Waals surface area contributed by atoms with Crippen LogP contribution in [0.5, 0.6) is 0 Å². The summed E-state index contributed by atoms with van der Waals surface area (Å²) in [7, 11) is 0. The Balaban J connectivity index is 3.23. The fourth-order valence-electron chi connectivity index (χ4n) is 0.991. The molecule has 0 spiro atoms. The van der Waals surface area contributed by atoms with Crippen LogP contribution in [0.3, 0.4) is 0 Å². The van der Waals surface area contributed by atoms with Gasteiger partial charge >= 0.3 is 0 Å². The van der Waals surface area contributed by atoms with Gasteiger partial charge in [-0.1, -0.05) is 11.6 Å². The minimum atomic E-state index is -0.598. The third-order valence-corrected chi connectivity index (χ3v) is 1.95. The average Bonchev–Trinajstić information content (AvgIpc) is 1.92. The standard InChI is InChI=1S/C9H11ClFN/c1-9(2,12)7-5-6(11)3-4-8(7)10/h3-5H,12H2,1-2H3. The fraction of sp³-hybridized carbons (Fsp3) is 0.333. The zero-order chi connectivity index (χ0) is 9.35. The van der Waals surface area contributed by atoms with Crippen LogP contribution in [0.4, 0.5) is 4.39 Å². The van der Waals surface area contributed by atoms with Crippen molar-refractivity contribution in [1.82, 2.24) is 0 Å². The summed E-state index contributed by atoms with van der Waals surface area (Å²) in [6, 6.07) is 4.20. The second-order valence-corrected chi connectivity index (χ2v) is 3.75. The molecular formula is C9H11ClFN. The molecule has 0 bridgehead atoms. The summed E-state index contributed by atoms with van der Waals surface area (Å²) in [5.74, 6) is -0.312. The molecule has 0 unspecified atom stereocenters. The van der Waals surface area contributed by atoms with Gasteiger partial charge in [-0.15, -0.1) is 0 Å². The molecule has 0 aliphatic carbocycles. The number of halogens is 2. The predicted molar refractivity (Wildman–Crippen MR) is 48.6 cm³/mol. The van der Waals surface area contributed by atoms with Gasteiger partial charge in [0.1, 0.15) is 5.82 Å². The van der Waals surface area contributed by atoms with E-state index in [1.807, 2.05) is 0 Å². The Kier molecular flexibility index (Phi) is 2.40. The number of rotatable bonds is 1. The summed E-state index contributed by atoms with van der Waals surface area (Å²) < 4.78 is 12.8. The Hall–Kier alpha value is -0.600. The van der Waals surface area contributed by atoms with E-state index in [-0.39, 0.29) is 5.82 Å². The summed E-state index contributed by atoms with van der Waals surface area (Å²) in [4.78, 5) is 0. The molecule has 0 aromatic heterocycles. The quantitative estimate of drug-likeness (QED) is 0.719. The molecule has 12 heavy (non-hydrogen) atoms. The molecule has 0 radical (unpaired) electrons. The summed E-state index contributed by atoms with van der Waals surface area (Å²) >= 11 is 5.83. The highest BCUT2D eigenvalue weighted by Crippen LogP contribution is 2.25. The van der Waals surface area contributed by atoms with E-state index in [0.717, 1.165) is 0 Å². The van der Waals surface area contributed by atoms with Crippen molar-refractivity contribution in [2.75, 3.05) is 0 Å². The molecule has 1 aromatic rings. The van der Waals surface area contributed by atoms with E-state index in [4.69, 9.17) is 17.3 Å². The van der Waals surface area contributed by atoms with Crippen molar-refractivity contribution < 1.29 is 4.39 Å². The first-order valence-electron chi connectivity index (χ1n) is 3.65. The van der Waals surface area contributed by atoms with Crippen molar-refractivity contribution in [2.45, 2.75) is 19.4 Å². The van der Waals surface area contributed by atoms with Crippen molar-refractivity contribution in [3.63, 3.8) is 0 Å². The van der Waals surface area contributed by atoms with Gasteiger partial charge in [0.05, 0.1) is 0 Å². The van der Waals surface area contributed by atoms with Gasteiger partial charge in [0, 0.05) is 10.6 Å². The Morgan fingerprint density at radius 1 is 1.42 bits per heavy atom. The van der Waals surface area contributed by atoms with E-state index in [0.29, 0.717) is 10.6 Å². The van der Waals surface area contributed by atoms with E-state index in [1.54, 1.807) is 13.8 Å². The maximum Gasteiger partial charge on any atom is 0.123 e. The van der Waals surface area contributed by atoms with Crippen LogP contribution in [-0.4, -0.2) is 0 Å². The Bertz CT molecular complexity index is 291. The maximum atomic E-state index is 12.8. The molecule has 1 rings (SSSR count). The highest BCUT2D eigenvalue weighted by Gasteiger charge is 2.17. The molecule has 1 nitrogen and oxygen atoms in total. The van der Waals surface area contributed by atoms with Gasteiger partial charge in [0.2, 0.25) is 0 Å². The van der Waals surface area contributed by atoms with Crippen LogP contribution in [-0.2, 0) is 5.54 Å². The van der Waals surface area contributed by atoms with Crippen LogP contribution in [0, 0.1) is 5.82 Å². The smallest absolute Gasteiger partial charge is 0.123 e. The number of nitrogens with two attached hydrogens (primary N) is 1. The minimum absolute atomic E-state index is 0.312. The van der Waals surface area contributed by atoms with Gasteiger partial charge in [-0.2, -0.15) is 0 Å². The summed E-state index contributed by atoms with van der Waals surface area (Å²) in [5.41, 5.74) is 5.81. The Morgan fingerprint density at radius 2 is 2.00 bits per heavy atom. The zero-order valence-electron chi connectivity index (χ0n) is 7.07. The van der Waals surface area contributed by atoms with E-state index < -0.39 is 5.54 Å². The summed E-state index contributed by atoms with van der Waals surface area (Å²) in [5, 5.41) is 0.504. The highest BCUT2D eigenvalue weighted by molar-refractivity contribution is 6.31. The largest absolute Gasteiger partial charge is 0.322 e. The van der Waals surface area contributed by atoms with E-state index in [1.165, 1.54) is 18.2 Å². The number of hydrogen-bond donors (Lipinski definition) is 1. The van der Waals surface area contributed by atoms with Crippen LogP contribution in [0.1, 0.15) is 19.4 Å². The molecule has 0 aliphatic rings. The fourth-order valence-corrected chi connectivity index (χ4v) is 1.35. The molecule has 0 heterocycles. The maximum absolute atomic E-state index is 12.8. The second kappa shape index (κ2) is 3.04. The van der Waals surface area contributed by atoms with Gasteiger partial charge in [-0.3, -0.25) is 0 Å². The van der Waals surface area contributed by atoms with Crippen LogP contribution < -0.4 is 5.73 Å². The van der Waals surface area contributed by atoms with Crippen molar-refractivity contribution in [3.05, 3.63) is 34.6 Å². The van der Waals surface area contributed by atoms with Gasteiger partial charge in [0.15, 0.2) is 0 Å². The van der Waals surface area contributed by atoms with Crippen molar-refractivity contribution >= 4 is 11.6 Å². The van der Waals surface area contributed by atoms with Crippen LogP contribution in [0.25, 0.3) is 0 Å². The first-order chi connectivity index (χ1) is 5.41. The third kappa shape index (κ3) is 1.96. The number of hydrogen-bond acceptors (Lipinski definition) is 1. The molecule has 0 amide bonds. The molecular weight excluding hydrogens is 177 g/mol. The molecule has 0 aliphatic heterocycles. The topological polar surface area (TPSA) is 26.0 Å². The highest BCUT2D eigenvalue weighted by atomic mass is 35.5. The molecule has 0 saturated carbocycles. The molecule has 3 heteroatoms. The number of benzene rings is 1.